The Balaban J connectivity index is -0.0000000910. The minimum atomic E-state index is 0. The van der Waals surface area contributed by atoms with Crippen LogP contribution in [0.15, 0.2) is 12.2 Å². The maximum absolute atomic E-state index is 3.68. The Morgan fingerprint density at radius 1 is 1.40 bits per heavy atom. The fraction of sp³-hybridized carbons (Fsp3) is 0.556. The standard InChI is InChI=1S/C5H11.C4H7.Mg/c1-3-5-4-2;1-3-4-2;/h1,3-5H2,2H3;3-4H,1H2,2H3;/q2*-1;+2. The zero-order chi connectivity index (χ0) is 7.54. The summed E-state index contributed by atoms with van der Waals surface area (Å²) in [5, 5.41) is 0. The van der Waals surface area contributed by atoms with Crippen molar-refractivity contribution in [1.29, 1.82) is 0 Å². The van der Waals surface area contributed by atoms with Gasteiger partial charge in [0, 0.05) is 0 Å². The van der Waals surface area contributed by atoms with Gasteiger partial charge < -0.3 is 6.92 Å². The van der Waals surface area contributed by atoms with Gasteiger partial charge in [0.2, 0.25) is 0 Å². The second-order valence-electron chi connectivity index (χ2n) is 1.78. The number of hydrogen-bond donors (Lipinski definition) is 0. The molecule has 0 N–H and O–H groups in total. The van der Waals surface area contributed by atoms with Gasteiger partial charge in [-0.05, 0) is 0 Å². The molecule has 0 aromatic carbocycles. The van der Waals surface area contributed by atoms with E-state index in [0.29, 0.717) is 0 Å². The predicted molar refractivity (Wildman–Crippen MR) is 50.8 cm³/mol. The zero-order valence-electron chi connectivity index (χ0n) is 7.40. The number of unbranched alkanes of at least 4 members (excludes halogenated alkanes) is 2. The molecule has 0 amide bonds. The SMILES string of the molecule is [CH2-]C=CC.[CH2-]CCCC.[Mg+2]. The molecule has 0 nitrogen and oxygen atoms in total. The van der Waals surface area contributed by atoms with E-state index in [2.05, 4.69) is 20.8 Å². The second kappa shape index (κ2) is 22.8. The Hall–Kier alpha value is 0.376. The van der Waals surface area contributed by atoms with E-state index in [1.54, 1.807) is 6.08 Å². The van der Waals surface area contributed by atoms with Crippen LogP contribution in [0.1, 0.15) is 33.1 Å². The van der Waals surface area contributed by atoms with Crippen molar-refractivity contribution in [3.8, 4) is 0 Å². The molecule has 0 unspecified atom stereocenters. The largest absolute Gasteiger partial charge is 2.00 e. The summed E-state index contributed by atoms with van der Waals surface area (Å²) in [6.07, 6.45) is 7.29. The Kier molecular flexibility index (Phi) is 38.2. The molecule has 0 aromatic heterocycles. The summed E-state index contributed by atoms with van der Waals surface area (Å²) in [5.74, 6) is 0. The maximum Gasteiger partial charge on any atom is 2.00 e. The average Bonchev–Trinajstić information content (AvgIpc) is 1.91. The summed E-state index contributed by atoms with van der Waals surface area (Å²) in [6.45, 7) is 11.2. The molecule has 1 heteroatoms. The van der Waals surface area contributed by atoms with Crippen LogP contribution in [0, 0.1) is 13.8 Å². The first kappa shape index (κ1) is 16.8. The monoisotopic (exact) mass is 150 g/mol. The molecule has 0 fully saturated rings. The van der Waals surface area contributed by atoms with E-state index in [9.17, 15) is 0 Å². The Morgan fingerprint density at radius 3 is 1.80 bits per heavy atom. The van der Waals surface area contributed by atoms with Gasteiger partial charge in [-0.3, -0.25) is 0 Å². The average molecular weight is 151 g/mol. The third-order valence-electron chi connectivity index (χ3n) is 0.839. The molecule has 0 atom stereocenters. The van der Waals surface area contributed by atoms with Crippen LogP contribution >= 0.6 is 0 Å². The number of hydrogen-bond acceptors (Lipinski definition) is 0. The van der Waals surface area contributed by atoms with E-state index in [1.807, 2.05) is 13.0 Å². The molecule has 0 aromatic rings. The minimum absolute atomic E-state index is 0. The molecule has 0 aliphatic heterocycles. The zero-order valence-corrected chi connectivity index (χ0v) is 8.81. The first-order chi connectivity index (χ1) is 4.33. The van der Waals surface area contributed by atoms with Crippen LogP contribution in [0.5, 0.6) is 0 Å². The van der Waals surface area contributed by atoms with Gasteiger partial charge in [-0.1, -0.05) is 19.8 Å². The third-order valence-corrected chi connectivity index (χ3v) is 0.839. The van der Waals surface area contributed by atoms with Crippen molar-refractivity contribution in [2.45, 2.75) is 33.1 Å². The van der Waals surface area contributed by atoms with Crippen LogP contribution in [0.3, 0.4) is 0 Å². The molecule has 0 heterocycles. The first-order valence-electron chi connectivity index (χ1n) is 3.53. The fourth-order valence-corrected chi connectivity index (χ4v) is 0.250. The molecule has 0 aliphatic carbocycles. The summed E-state index contributed by atoms with van der Waals surface area (Å²) in [5.41, 5.74) is 0. The summed E-state index contributed by atoms with van der Waals surface area (Å²) >= 11 is 0. The molecule has 0 radical (unpaired) electrons. The molecular weight excluding hydrogens is 132 g/mol. The van der Waals surface area contributed by atoms with E-state index >= 15 is 0 Å². The number of allylic oxidation sites excluding steroid dienone is 2. The third kappa shape index (κ3) is 40.0. The van der Waals surface area contributed by atoms with E-state index < -0.39 is 0 Å². The van der Waals surface area contributed by atoms with Crippen molar-refractivity contribution in [2.75, 3.05) is 0 Å². The Labute approximate surface area is 82.2 Å². The molecule has 0 spiro atoms. The van der Waals surface area contributed by atoms with Crippen molar-refractivity contribution in [2.24, 2.45) is 0 Å². The van der Waals surface area contributed by atoms with Crippen LogP contribution in [0.25, 0.3) is 0 Å². The van der Waals surface area contributed by atoms with Crippen LogP contribution < -0.4 is 0 Å². The van der Waals surface area contributed by atoms with Crippen molar-refractivity contribution < 1.29 is 0 Å². The van der Waals surface area contributed by atoms with Crippen LogP contribution in [-0.4, -0.2) is 23.1 Å². The Bertz CT molecular complexity index is 42.7. The van der Waals surface area contributed by atoms with Crippen LogP contribution in [-0.2, 0) is 0 Å². The summed E-state index contributed by atoms with van der Waals surface area (Å²) in [4.78, 5) is 0. The van der Waals surface area contributed by atoms with Gasteiger partial charge in [-0.25, -0.2) is 19.1 Å². The van der Waals surface area contributed by atoms with Gasteiger partial charge in [0.15, 0.2) is 0 Å². The molecule has 0 aliphatic rings. The van der Waals surface area contributed by atoms with E-state index in [4.69, 9.17) is 0 Å². The Morgan fingerprint density at radius 2 is 1.80 bits per heavy atom. The van der Waals surface area contributed by atoms with Gasteiger partial charge in [0.05, 0.1) is 0 Å². The normalized spacial score (nSPS) is 7.90. The predicted octanol–water partition coefficient (Wildman–Crippen LogP) is 3.03. The van der Waals surface area contributed by atoms with E-state index in [-0.39, 0.29) is 23.1 Å². The molecule has 10 heavy (non-hydrogen) atoms. The van der Waals surface area contributed by atoms with Gasteiger partial charge in [-0.15, -0.1) is 6.92 Å². The van der Waals surface area contributed by atoms with E-state index in [0.717, 1.165) is 6.42 Å². The van der Waals surface area contributed by atoms with E-state index in [1.165, 1.54) is 12.8 Å². The molecule has 0 rings (SSSR count). The topological polar surface area (TPSA) is 0 Å². The van der Waals surface area contributed by atoms with Crippen LogP contribution in [0.4, 0.5) is 0 Å². The summed E-state index contributed by atoms with van der Waals surface area (Å²) in [7, 11) is 0. The molecule has 0 bridgehead atoms. The summed E-state index contributed by atoms with van der Waals surface area (Å²) < 4.78 is 0. The quantitative estimate of drug-likeness (QED) is 0.419. The van der Waals surface area contributed by atoms with Crippen molar-refractivity contribution >= 4 is 23.1 Å². The van der Waals surface area contributed by atoms with Crippen LogP contribution in [0.2, 0.25) is 0 Å². The molecule has 0 saturated heterocycles. The van der Waals surface area contributed by atoms with Gasteiger partial charge in [0.1, 0.15) is 0 Å². The molecular formula is C9H18Mg. The molecule has 56 valence electrons. The first-order valence-corrected chi connectivity index (χ1v) is 3.53. The fourth-order valence-electron chi connectivity index (χ4n) is 0.250. The molecule has 0 saturated carbocycles. The minimum Gasteiger partial charge on any atom is -0.343 e. The van der Waals surface area contributed by atoms with Crippen molar-refractivity contribution in [3.63, 3.8) is 0 Å². The van der Waals surface area contributed by atoms with Gasteiger partial charge in [-0.2, -0.15) is 6.42 Å². The summed E-state index contributed by atoms with van der Waals surface area (Å²) in [6, 6.07) is 0. The number of rotatable bonds is 2. The van der Waals surface area contributed by atoms with Crippen molar-refractivity contribution in [1.82, 2.24) is 0 Å². The maximum atomic E-state index is 3.68. The van der Waals surface area contributed by atoms with Gasteiger partial charge >= 0.3 is 23.1 Å². The van der Waals surface area contributed by atoms with Gasteiger partial charge in [0.25, 0.3) is 0 Å². The van der Waals surface area contributed by atoms with Crippen molar-refractivity contribution in [3.05, 3.63) is 26.0 Å². The smallest absolute Gasteiger partial charge is 0.343 e. The second-order valence-corrected chi connectivity index (χ2v) is 1.78.